The average Bonchev–Trinajstić information content (AvgIpc) is 3.34. The fraction of sp³-hybridized carbons (Fsp3) is 0.227. The van der Waals surface area contributed by atoms with E-state index in [-0.39, 0.29) is 16.5 Å². The van der Waals surface area contributed by atoms with Crippen molar-refractivity contribution in [2.45, 2.75) is 24.7 Å². The van der Waals surface area contributed by atoms with Gasteiger partial charge in [-0.05, 0) is 55.8 Å². The summed E-state index contributed by atoms with van der Waals surface area (Å²) >= 11 is 0. The molecule has 1 fully saturated rings. The molecule has 0 radical (unpaired) electrons. The molecule has 0 aliphatic carbocycles. The predicted octanol–water partition coefficient (Wildman–Crippen LogP) is 3.25. The van der Waals surface area contributed by atoms with Gasteiger partial charge in [0.2, 0.25) is 0 Å². The van der Waals surface area contributed by atoms with Crippen LogP contribution in [-0.2, 0) is 10.0 Å². The van der Waals surface area contributed by atoms with Gasteiger partial charge < -0.3 is 10.2 Å². The van der Waals surface area contributed by atoms with Crippen LogP contribution in [0.25, 0.3) is 5.69 Å². The monoisotopic (exact) mass is 437 g/mol. The zero-order valence-electron chi connectivity index (χ0n) is 17.3. The Morgan fingerprint density at radius 2 is 1.81 bits per heavy atom. The standard InChI is InChI=1S/C22H23N5O3S/c1-16-15-20(24-27(16)18-7-4-3-5-8-18)22(28)23-17-10-12-19(13-11-17)31(29,30)25-21-9-6-14-26(21)2/h3-5,7-8,10-13,15H,6,9,14H2,1-2H3,(H,23,28). The lowest BCUT2D eigenvalue weighted by atomic mass is 10.3. The van der Waals surface area contributed by atoms with Crippen molar-refractivity contribution < 1.29 is 13.2 Å². The van der Waals surface area contributed by atoms with Crippen molar-refractivity contribution in [2.24, 2.45) is 4.40 Å². The van der Waals surface area contributed by atoms with E-state index in [4.69, 9.17) is 0 Å². The van der Waals surface area contributed by atoms with Crippen LogP contribution in [0.4, 0.5) is 5.69 Å². The molecule has 0 spiro atoms. The van der Waals surface area contributed by atoms with E-state index in [2.05, 4.69) is 14.8 Å². The zero-order chi connectivity index (χ0) is 22.0. The number of rotatable bonds is 5. The number of hydrogen-bond acceptors (Lipinski definition) is 4. The summed E-state index contributed by atoms with van der Waals surface area (Å²) in [7, 11) is -1.95. The maximum Gasteiger partial charge on any atom is 0.283 e. The Labute approximate surface area is 181 Å². The molecule has 2 aromatic carbocycles. The molecule has 160 valence electrons. The van der Waals surface area contributed by atoms with E-state index in [9.17, 15) is 13.2 Å². The fourth-order valence-corrected chi connectivity index (χ4v) is 4.52. The topological polar surface area (TPSA) is 96.7 Å². The summed E-state index contributed by atoms with van der Waals surface area (Å²) in [5.41, 5.74) is 2.44. The predicted molar refractivity (Wildman–Crippen MR) is 119 cm³/mol. The molecule has 8 nitrogen and oxygen atoms in total. The molecule has 0 saturated carbocycles. The van der Waals surface area contributed by atoms with Crippen molar-refractivity contribution in [3.05, 3.63) is 72.1 Å². The molecule has 3 aromatic rings. The van der Waals surface area contributed by atoms with Gasteiger partial charge in [0.1, 0.15) is 5.84 Å². The van der Waals surface area contributed by atoms with Crippen LogP contribution in [0.2, 0.25) is 0 Å². The van der Waals surface area contributed by atoms with Gasteiger partial charge in [-0.2, -0.15) is 13.5 Å². The van der Waals surface area contributed by atoms with Gasteiger partial charge >= 0.3 is 0 Å². The van der Waals surface area contributed by atoms with Crippen LogP contribution in [0, 0.1) is 6.92 Å². The van der Waals surface area contributed by atoms with E-state index in [0.29, 0.717) is 17.9 Å². The van der Waals surface area contributed by atoms with Gasteiger partial charge in [-0.25, -0.2) is 4.68 Å². The van der Waals surface area contributed by atoms with Crippen LogP contribution in [0.5, 0.6) is 0 Å². The molecule has 0 atom stereocenters. The number of benzene rings is 2. The third-order valence-corrected chi connectivity index (χ3v) is 6.41. The Morgan fingerprint density at radius 1 is 1.10 bits per heavy atom. The summed E-state index contributed by atoms with van der Waals surface area (Å²) in [6, 6.07) is 17.2. The van der Waals surface area contributed by atoms with Crippen molar-refractivity contribution >= 4 is 27.5 Å². The first-order chi connectivity index (χ1) is 14.8. The maximum atomic E-state index is 12.6. The Balaban J connectivity index is 1.49. The summed E-state index contributed by atoms with van der Waals surface area (Å²) in [4.78, 5) is 14.6. The SMILES string of the molecule is Cc1cc(C(=O)Nc2ccc(S(=O)(=O)N=C3CCCN3C)cc2)nn1-c1ccccc1. The average molecular weight is 438 g/mol. The first-order valence-corrected chi connectivity index (χ1v) is 11.4. The molecule has 0 unspecified atom stereocenters. The highest BCUT2D eigenvalue weighted by atomic mass is 32.2. The van der Waals surface area contributed by atoms with Crippen LogP contribution in [0.1, 0.15) is 29.0 Å². The molecule has 1 aromatic heterocycles. The molecular formula is C22H23N5O3S. The zero-order valence-corrected chi connectivity index (χ0v) is 18.1. The lowest BCUT2D eigenvalue weighted by molar-refractivity contribution is 0.102. The van der Waals surface area contributed by atoms with E-state index < -0.39 is 10.0 Å². The lowest BCUT2D eigenvalue weighted by Gasteiger charge is -2.11. The number of hydrogen-bond donors (Lipinski definition) is 1. The smallest absolute Gasteiger partial charge is 0.283 e. The third kappa shape index (κ3) is 4.51. The van der Waals surface area contributed by atoms with Crippen LogP contribution in [-0.4, -0.2) is 48.4 Å². The number of aryl methyl sites for hydroxylation is 1. The Hall–Kier alpha value is -3.46. The largest absolute Gasteiger partial charge is 0.362 e. The van der Waals surface area contributed by atoms with Gasteiger partial charge in [0.25, 0.3) is 15.9 Å². The van der Waals surface area contributed by atoms with Crippen LogP contribution < -0.4 is 5.32 Å². The second-order valence-corrected chi connectivity index (χ2v) is 9.01. The summed E-state index contributed by atoms with van der Waals surface area (Å²) < 4.78 is 30.8. The van der Waals surface area contributed by atoms with Crippen LogP contribution >= 0.6 is 0 Å². The number of nitrogens with one attached hydrogen (secondary N) is 1. The number of aromatic nitrogens is 2. The number of para-hydroxylation sites is 1. The molecule has 31 heavy (non-hydrogen) atoms. The van der Waals surface area contributed by atoms with Gasteiger partial charge in [0, 0.05) is 31.4 Å². The Bertz CT molecular complexity index is 1230. The first kappa shape index (κ1) is 20.8. The number of anilines is 1. The van der Waals surface area contributed by atoms with Crippen LogP contribution in [0.3, 0.4) is 0 Å². The highest BCUT2D eigenvalue weighted by Crippen LogP contribution is 2.20. The molecular weight excluding hydrogens is 414 g/mol. The maximum absolute atomic E-state index is 12.6. The van der Waals surface area contributed by atoms with Crippen molar-refractivity contribution in [1.29, 1.82) is 0 Å². The number of sulfonamides is 1. The van der Waals surface area contributed by atoms with Crippen molar-refractivity contribution in [2.75, 3.05) is 18.9 Å². The van der Waals surface area contributed by atoms with Crippen LogP contribution in [0.15, 0.2) is 70.0 Å². The quantitative estimate of drug-likeness (QED) is 0.661. The molecule has 0 bridgehead atoms. The van der Waals surface area contributed by atoms with Crippen molar-refractivity contribution in [1.82, 2.24) is 14.7 Å². The van der Waals surface area contributed by atoms with E-state index in [1.807, 2.05) is 49.2 Å². The minimum Gasteiger partial charge on any atom is -0.362 e. The Morgan fingerprint density at radius 3 is 2.45 bits per heavy atom. The Kier molecular flexibility index (Phi) is 5.60. The minimum absolute atomic E-state index is 0.0856. The van der Waals surface area contributed by atoms with Gasteiger partial charge in [-0.1, -0.05) is 18.2 Å². The molecule has 1 saturated heterocycles. The van der Waals surface area contributed by atoms with Crippen molar-refractivity contribution in [3.8, 4) is 5.69 Å². The molecule has 1 aliphatic heterocycles. The third-order valence-electron chi connectivity index (χ3n) is 5.09. The molecule has 1 N–H and O–H groups in total. The normalized spacial score (nSPS) is 15.4. The van der Waals surface area contributed by atoms with E-state index in [0.717, 1.165) is 24.3 Å². The van der Waals surface area contributed by atoms with E-state index in [1.165, 1.54) is 12.1 Å². The van der Waals surface area contributed by atoms with Gasteiger partial charge in [0.05, 0.1) is 10.6 Å². The summed E-state index contributed by atoms with van der Waals surface area (Å²) in [6.45, 7) is 2.68. The van der Waals surface area contributed by atoms with Crippen molar-refractivity contribution in [3.63, 3.8) is 0 Å². The lowest BCUT2D eigenvalue weighted by Crippen LogP contribution is -2.20. The number of likely N-dealkylation sites (tertiary alicyclic amines) is 1. The van der Waals surface area contributed by atoms with Gasteiger partial charge in [-0.15, -0.1) is 4.40 Å². The molecule has 1 amide bonds. The number of carbonyl (C=O) groups excluding carboxylic acids is 1. The first-order valence-electron chi connectivity index (χ1n) is 9.92. The second kappa shape index (κ2) is 8.35. The number of amidine groups is 1. The molecule has 2 heterocycles. The molecule has 4 rings (SSSR count). The molecule has 1 aliphatic rings. The number of nitrogens with zero attached hydrogens (tertiary/aromatic N) is 4. The van der Waals surface area contributed by atoms with Gasteiger partial charge in [-0.3, -0.25) is 4.79 Å². The summed E-state index contributed by atoms with van der Waals surface area (Å²) in [5.74, 6) is 0.197. The summed E-state index contributed by atoms with van der Waals surface area (Å²) in [5, 5.41) is 7.14. The molecule has 9 heteroatoms. The number of carbonyl (C=O) groups is 1. The highest BCUT2D eigenvalue weighted by Gasteiger charge is 2.20. The highest BCUT2D eigenvalue weighted by molar-refractivity contribution is 7.90. The summed E-state index contributed by atoms with van der Waals surface area (Å²) in [6.07, 6.45) is 1.55. The minimum atomic E-state index is -3.79. The van der Waals surface area contributed by atoms with E-state index in [1.54, 1.807) is 22.9 Å². The number of amides is 1. The second-order valence-electron chi connectivity index (χ2n) is 7.40. The van der Waals surface area contributed by atoms with Gasteiger partial charge in [0.15, 0.2) is 5.69 Å². The fourth-order valence-electron chi connectivity index (χ4n) is 3.42. The van der Waals surface area contributed by atoms with E-state index >= 15 is 0 Å².